The number of nitrogens with zero attached hydrogens (tertiary/aromatic N) is 4. The summed E-state index contributed by atoms with van der Waals surface area (Å²) in [6.07, 6.45) is 5.39. The van der Waals surface area contributed by atoms with E-state index in [1.807, 2.05) is 60.3 Å². The van der Waals surface area contributed by atoms with Crippen molar-refractivity contribution in [1.29, 1.82) is 0 Å². The SMILES string of the molecule is CN.Cn1cnc(CCNc2cc(-n3c4ccccc4c4c(-c5nc6ccc(F)cc6[nH]5)cccc43)ccc2C=O)c1. The number of aldehydes is 1. The minimum atomic E-state index is -0.305. The normalized spacial score (nSPS) is 11.1. The van der Waals surface area contributed by atoms with Gasteiger partial charge in [0.25, 0.3) is 0 Å². The number of carbonyl (C=O) groups excluding carboxylic acids is 1. The van der Waals surface area contributed by atoms with Gasteiger partial charge in [-0.15, -0.1) is 0 Å². The number of aryl methyl sites for hydroxylation is 1. The lowest BCUT2D eigenvalue weighted by Gasteiger charge is -2.13. The number of halogens is 1. The first-order valence-electron chi connectivity index (χ1n) is 13.6. The Balaban J connectivity index is 0.00000155. The summed E-state index contributed by atoms with van der Waals surface area (Å²) >= 11 is 0. The Morgan fingerprint density at radius 1 is 1.00 bits per heavy atom. The highest BCUT2D eigenvalue weighted by atomic mass is 19.1. The average Bonchev–Trinajstić information content (AvgIpc) is 3.73. The molecule has 0 bridgehead atoms. The molecule has 210 valence electrons. The van der Waals surface area contributed by atoms with Crippen molar-refractivity contribution in [3.05, 3.63) is 108 Å². The first-order valence-corrected chi connectivity index (χ1v) is 13.6. The maximum atomic E-state index is 13.9. The Morgan fingerprint density at radius 3 is 2.64 bits per heavy atom. The predicted molar refractivity (Wildman–Crippen MR) is 167 cm³/mol. The number of nitrogens with two attached hydrogens (primary N) is 1. The molecule has 0 spiro atoms. The predicted octanol–water partition coefficient (Wildman–Crippen LogP) is 6.24. The van der Waals surface area contributed by atoms with E-state index >= 15 is 0 Å². The van der Waals surface area contributed by atoms with Gasteiger partial charge in [-0.1, -0.05) is 30.3 Å². The molecule has 0 fully saturated rings. The number of benzene rings is 4. The van der Waals surface area contributed by atoms with E-state index in [4.69, 9.17) is 4.98 Å². The smallest absolute Gasteiger partial charge is 0.152 e. The number of rotatable bonds is 7. The molecule has 3 aromatic heterocycles. The van der Waals surface area contributed by atoms with Crippen LogP contribution < -0.4 is 11.1 Å². The Kier molecular flexibility index (Phi) is 7.24. The van der Waals surface area contributed by atoms with Crippen LogP contribution >= 0.6 is 0 Å². The van der Waals surface area contributed by atoms with Crippen molar-refractivity contribution in [3.63, 3.8) is 0 Å². The Morgan fingerprint density at radius 2 is 1.83 bits per heavy atom. The Hall–Kier alpha value is -5.28. The van der Waals surface area contributed by atoms with Crippen LogP contribution in [-0.4, -0.2) is 44.0 Å². The molecule has 0 amide bonds. The molecule has 0 unspecified atom stereocenters. The maximum absolute atomic E-state index is 13.9. The van der Waals surface area contributed by atoms with Crippen LogP contribution in [0.1, 0.15) is 16.1 Å². The fourth-order valence-corrected chi connectivity index (χ4v) is 5.46. The lowest BCUT2D eigenvalue weighted by Crippen LogP contribution is -2.08. The fraction of sp³-hybridized carbons (Fsp3) is 0.121. The summed E-state index contributed by atoms with van der Waals surface area (Å²) in [5.74, 6) is 0.378. The topological polar surface area (TPSA) is 107 Å². The average molecular weight is 560 g/mol. The van der Waals surface area contributed by atoms with E-state index in [1.165, 1.54) is 19.2 Å². The largest absolute Gasteiger partial charge is 0.384 e. The molecule has 7 aromatic rings. The van der Waals surface area contributed by atoms with Crippen LogP contribution in [0.4, 0.5) is 10.1 Å². The highest BCUT2D eigenvalue weighted by Crippen LogP contribution is 2.38. The van der Waals surface area contributed by atoms with E-state index in [9.17, 15) is 9.18 Å². The van der Waals surface area contributed by atoms with Gasteiger partial charge in [0.15, 0.2) is 6.29 Å². The molecule has 0 aliphatic rings. The highest BCUT2D eigenvalue weighted by molar-refractivity contribution is 6.15. The third-order valence-electron chi connectivity index (χ3n) is 7.27. The van der Waals surface area contributed by atoms with Gasteiger partial charge >= 0.3 is 0 Å². The van der Waals surface area contributed by atoms with E-state index in [1.54, 1.807) is 12.4 Å². The summed E-state index contributed by atoms with van der Waals surface area (Å²) in [5, 5.41) is 5.55. The van der Waals surface area contributed by atoms with Crippen molar-refractivity contribution in [1.82, 2.24) is 24.1 Å². The number of hydrogen-bond acceptors (Lipinski definition) is 5. The van der Waals surface area contributed by atoms with Gasteiger partial charge in [0.05, 0.1) is 34.1 Å². The molecule has 0 radical (unpaired) electrons. The molecular formula is C33H30FN7O. The summed E-state index contributed by atoms with van der Waals surface area (Å²) in [4.78, 5) is 24.4. The molecule has 42 heavy (non-hydrogen) atoms. The van der Waals surface area contributed by atoms with E-state index in [2.05, 4.69) is 43.8 Å². The van der Waals surface area contributed by atoms with Gasteiger partial charge in [-0.3, -0.25) is 4.79 Å². The van der Waals surface area contributed by atoms with Gasteiger partial charge in [0.1, 0.15) is 11.6 Å². The molecule has 0 atom stereocenters. The molecule has 0 saturated carbocycles. The number of carbonyl (C=O) groups is 1. The minimum Gasteiger partial charge on any atom is -0.384 e. The summed E-state index contributed by atoms with van der Waals surface area (Å²) in [7, 11) is 3.45. The van der Waals surface area contributed by atoms with Crippen molar-refractivity contribution in [3.8, 4) is 17.1 Å². The van der Waals surface area contributed by atoms with Crippen LogP contribution in [0.15, 0.2) is 91.4 Å². The monoisotopic (exact) mass is 559 g/mol. The van der Waals surface area contributed by atoms with Gasteiger partial charge in [-0.2, -0.15) is 0 Å². The second-order valence-electron chi connectivity index (χ2n) is 9.90. The van der Waals surface area contributed by atoms with Crippen LogP contribution in [0.2, 0.25) is 0 Å². The number of hydrogen-bond donors (Lipinski definition) is 3. The zero-order chi connectivity index (χ0) is 29.2. The molecule has 3 heterocycles. The van der Waals surface area contributed by atoms with Gasteiger partial charge in [0, 0.05) is 59.5 Å². The van der Waals surface area contributed by atoms with Crippen molar-refractivity contribution in [2.24, 2.45) is 12.8 Å². The molecule has 0 aliphatic heterocycles. The lowest BCUT2D eigenvalue weighted by molar-refractivity contribution is 0.112. The van der Waals surface area contributed by atoms with Crippen LogP contribution in [-0.2, 0) is 13.5 Å². The van der Waals surface area contributed by atoms with Crippen molar-refractivity contribution in [2.75, 3.05) is 18.9 Å². The summed E-state index contributed by atoms with van der Waals surface area (Å²) < 4.78 is 18.0. The summed E-state index contributed by atoms with van der Waals surface area (Å²) in [6.45, 7) is 0.644. The molecular weight excluding hydrogens is 529 g/mol. The van der Waals surface area contributed by atoms with Gasteiger partial charge in [0.2, 0.25) is 0 Å². The number of para-hydroxylation sites is 1. The van der Waals surface area contributed by atoms with E-state index in [-0.39, 0.29) is 5.82 Å². The second kappa shape index (κ2) is 11.3. The number of nitrogens with one attached hydrogen (secondary N) is 2. The quantitative estimate of drug-likeness (QED) is 0.200. The zero-order valence-electron chi connectivity index (χ0n) is 23.3. The molecule has 7 rings (SSSR count). The number of aromatic amines is 1. The number of H-pyrrole nitrogens is 1. The first-order chi connectivity index (χ1) is 20.6. The zero-order valence-corrected chi connectivity index (χ0v) is 23.3. The third-order valence-corrected chi connectivity index (χ3v) is 7.27. The Labute approximate surface area is 241 Å². The van der Waals surface area contributed by atoms with Gasteiger partial charge < -0.3 is 25.2 Å². The number of imidazole rings is 2. The van der Waals surface area contributed by atoms with E-state index in [0.29, 0.717) is 29.0 Å². The lowest BCUT2D eigenvalue weighted by atomic mass is 10.1. The summed E-state index contributed by atoms with van der Waals surface area (Å²) in [5.41, 5.74) is 12.1. The van der Waals surface area contributed by atoms with Crippen LogP contribution in [0, 0.1) is 5.82 Å². The minimum absolute atomic E-state index is 0.305. The molecule has 9 heteroatoms. The summed E-state index contributed by atoms with van der Waals surface area (Å²) in [6, 6.07) is 24.8. The second-order valence-corrected chi connectivity index (χ2v) is 9.90. The van der Waals surface area contributed by atoms with Gasteiger partial charge in [-0.05, 0) is 55.6 Å². The molecule has 4 N–H and O–H groups in total. The van der Waals surface area contributed by atoms with Crippen LogP contribution in [0.3, 0.4) is 0 Å². The van der Waals surface area contributed by atoms with Crippen LogP contribution in [0.25, 0.3) is 49.9 Å². The van der Waals surface area contributed by atoms with Gasteiger partial charge in [-0.25, -0.2) is 14.4 Å². The van der Waals surface area contributed by atoms with Crippen LogP contribution in [0.5, 0.6) is 0 Å². The number of aromatic nitrogens is 5. The molecule has 0 aliphatic carbocycles. The van der Waals surface area contributed by atoms with Crippen molar-refractivity contribution in [2.45, 2.75) is 6.42 Å². The van der Waals surface area contributed by atoms with Crippen molar-refractivity contribution < 1.29 is 9.18 Å². The van der Waals surface area contributed by atoms with E-state index in [0.717, 1.165) is 57.1 Å². The van der Waals surface area contributed by atoms with E-state index < -0.39 is 0 Å². The molecule has 0 saturated heterocycles. The Bertz CT molecular complexity index is 2050. The fourth-order valence-electron chi connectivity index (χ4n) is 5.46. The maximum Gasteiger partial charge on any atom is 0.152 e. The van der Waals surface area contributed by atoms with Crippen molar-refractivity contribution >= 4 is 44.8 Å². The standard InChI is InChI=1S/C32H25FN6O.CH5N/c1-38-17-22(35-19-38)13-14-34-27-16-23(11-9-20(27)18-40)39-29-7-3-2-5-24(29)31-25(6-4-8-30(31)39)32-36-26-12-10-21(33)15-28(26)37-32;1-2/h2-12,15-19,34H,13-14H2,1H3,(H,36,37);2H2,1H3. The number of anilines is 1. The molecule has 4 aromatic carbocycles. The third kappa shape index (κ3) is 4.80. The number of fused-ring (bicyclic) bond motifs is 4. The first kappa shape index (κ1) is 26.9. The highest BCUT2D eigenvalue weighted by Gasteiger charge is 2.18. The molecule has 8 nitrogen and oxygen atoms in total.